The van der Waals surface area contributed by atoms with E-state index in [1.807, 2.05) is 13.8 Å². The van der Waals surface area contributed by atoms with Gasteiger partial charge in [0.15, 0.2) is 0 Å². The Morgan fingerprint density at radius 1 is 1.23 bits per heavy atom. The quantitative estimate of drug-likeness (QED) is 0.765. The van der Waals surface area contributed by atoms with Crippen molar-refractivity contribution >= 4 is 35.2 Å². The Hall–Kier alpha value is -2.95. The third-order valence-electron chi connectivity index (χ3n) is 4.52. The number of rotatable bonds is 5. The molecule has 0 saturated carbocycles. The summed E-state index contributed by atoms with van der Waals surface area (Å²) >= 11 is 5.78. The van der Waals surface area contributed by atoms with Crippen LogP contribution in [0.1, 0.15) is 19.5 Å². The molecular formula is C18H18ClF3N6O2. The lowest BCUT2D eigenvalue weighted by atomic mass is 10.0. The van der Waals surface area contributed by atoms with E-state index in [9.17, 15) is 22.8 Å². The minimum atomic E-state index is -4.57. The maximum atomic E-state index is 12.9. The Bertz CT molecular complexity index is 921. The Morgan fingerprint density at radius 2 is 1.90 bits per heavy atom. The number of anilines is 2. The first-order chi connectivity index (χ1) is 14.1. The zero-order valence-electron chi connectivity index (χ0n) is 16.0. The molecule has 0 aromatic carbocycles. The SMILES string of the molecule is CC(C)[C@H]1CN(c2ncc(Cl)cn2)C(=O)N1CC(=O)Nc1ccc(C(F)(F)F)nc1. The molecule has 12 heteroatoms. The van der Waals surface area contributed by atoms with Gasteiger partial charge < -0.3 is 10.2 Å². The molecule has 0 radical (unpaired) electrons. The third kappa shape index (κ3) is 4.78. The van der Waals surface area contributed by atoms with Crippen molar-refractivity contribution in [1.82, 2.24) is 19.9 Å². The maximum absolute atomic E-state index is 12.9. The van der Waals surface area contributed by atoms with Gasteiger partial charge in [0.25, 0.3) is 0 Å². The zero-order valence-corrected chi connectivity index (χ0v) is 16.8. The van der Waals surface area contributed by atoms with E-state index in [0.29, 0.717) is 5.02 Å². The van der Waals surface area contributed by atoms with E-state index in [2.05, 4.69) is 20.3 Å². The summed E-state index contributed by atoms with van der Waals surface area (Å²) in [5, 5.41) is 2.79. The Balaban J connectivity index is 1.71. The lowest BCUT2D eigenvalue weighted by Crippen LogP contribution is -2.42. The molecule has 1 atom stereocenters. The predicted octanol–water partition coefficient (Wildman–Crippen LogP) is 3.45. The number of halogens is 4. The van der Waals surface area contributed by atoms with Gasteiger partial charge in [-0.05, 0) is 18.1 Å². The van der Waals surface area contributed by atoms with Gasteiger partial charge in [0.05, 0.1) is 41.9 Å². The number of nitrogens with one attached hydrogen (secondary N) is 1. The largest absolute Gasteiger partial charge is 0.433 e. The van der Waals surface area contributed by atoms with Crippen LogP contribution in [0.25, 0.3) is 0 Å². The van der Waals surface area contributed by atoms with Crippen molar-refractivity contribution in [2.24, 2.45) is 5.92 Å². The highest BCUT2D eigenvalue weighted by atomic mass is 35.5. The summed E-state index contributed by atoms with van der Waals surface area (Å²) in [5.74, 6) is -0.355. The van der Waals surface area contributed by atoms with E-state index < -0.39 is 23.8 Å². The summed E-state index contributed by atoms with van der Waals surface area (Å²) in [6.07, 6.45) is -0.911. The van der Waals surface area contributed by atoms with Crippen LogP contribution in [0.15, 0.2) is 30.7 Å². The number of urea groups is 1. The molecule has 1 aliphatic rings. The first kappa shape index (κ1) is 21.8. The number of carbonyl (C=O) groups excluding carboxylic acids is 2. The summed E-state index contributed by atoms with van der Waals surface area (Å²) in [4.78, 5) is 39.4. The van der Waals surface area contributed by atoms with E-state index in [0.717, 1.165) is 18.3 Å². The van der Waals surface area contributed by atoms with Crippen molar-refractivity contribution in [3.05, 3.63) is 41.4 Å². The number of nitrogens with zero attached hydrogens (tertiary/aromatic N) is 5. The minimum absolute atomic E-state index is 0.0341. The summed E-state index contributed by atoms with van der Waals surface area (Å²) < 4.78 is 37.8. The number of pyridine rings is 1. The average molecular weight is 443 g/mol. The highest BCUT2D eigenvalue weighted by molar-refractivity contribution is 6.30. The number of hydrogen-bond donors (Lipinski definition) is 1. The maximum Gasteiger partial charge on any atom is 0.433 e. The molecule has 1 fully saturated rings. The smallest absolute Gasteiger partial charge is 0.323 e. The summed E-state index contributed by atoms with van der Waals surface area (Å²) in [6, 6.07) is 1.14. The van der Waals surface area contributed by atoms with E-state index in [1.165, 1.54) is 22.2 Å². The fraction of sp³-hybridized carbons (Fsp3) is 0.389. The summed E-state index contributed by atoms with van der Waals surface area (Å²) in [7, 11) is 0. The van der Waals surface area contributed by atoms with Crippen LogP contribution in [0.5, 0.6) is 0 Å². The van der Waals surface area contributed by atoms with Crippen molar-refractivity contribution in [1.29, 1.82) is 0 Å². The standard InChI is InChI=1S/C18H18ClF3N6O2/c1-10(2)13-8-28(16-24-5-11(19)6-25-16)17(30)27(13)9-15(29)26-12-3-4-14(23-7-12)18(20,21)22/h3-7,10,13H,8-9H2,1-2H3,(H,26,29)/t13-/m1/s1. The van der Waals surface area contributed by atoms with Crippen LogP contribution in [0, 0.1) is 5.92 Å². The molecule has 3 heterocycles. The Kier molecular flexibility index (Phi) is 6.11. The van der Waals surface area contributed by atoms with Gasteiger partial charge in [-0.3, -0.25) is 9.69 Å². The summed E-state index contributed by atoms with van der Waals surface area (Å²) in [6.45, 7) is 3.82. The minimum Gasteiger partial charge on any atom is -0.323 e. The lowest BCUT2D eigenvalue weighted by Gasteiger charge is -2.25. The molecule has 2 aromatic rings. The van der Waals surface area contributed by atoms with Crippen LogP contribution >= 0.6 is 11.6 Å². The van der Waals surface area contributed by atoms with Crippen LogP contribution in [-0.4, -0.2) is 50.9 Å². The average Bonchev–Trinajstić information content (AvgIpc) is 2.99. The van der Waals surface area contributed by atoms with Crippen molar-refractivity contribution in [3.63, 3.8) is 0 Å². The number of alkyl halides is 3. The molecule has 160 valence electrons. The third-order valence-corrected chi connectivity index (χ3v) is 4.71. The second kappa shape index (κ2) is 8.42. The zero-order chi connectivity index (χ0) is 22.1. The molecule has 1 N–H and O–H groups in total. The van der Waals surface area contributed by atoms with Gasteiger partial charge in [0, 0.05) is 0 Å². The molecule has 3 amide bonds. The first-order valence-electron chi connectivity index (χ1n) is 8.95. The fourth-order valence-corrected chi connectivity index (χ4v) is 3.12. The van der Waals surface area contributed by atoms with E-state index in [4.69, 9.17) is 11.6 Å². The van der Waals surface area contributed by atoms with Crippen molar-refractivity contribution in [2.75, 3.05) is 23.3 Å². The van der Waals surface area contributed by atoms with Crippen molar-refractivity contribution in [2.45, 2.75) is 26.1 Å². The first-order valence-corrected chi connectivity index (χ1v) is 9.33. The predicted molar refractivity (Wildman–Crippen MR) is 103 cm³/mol. The van der Waals surface area contributed by atoms with Crippen LogP contribution < -0.4 is 10.2 Å². The van der Waals surface area contributed by atoms with E-state index >= 15 is 0 Å². The normalized spacial score (nSPS) is 17.0. The van der Waals surface area contributed by atoms with Crippen molar-refractivity contribution in [3.8, 4) is 0 Å². The number of hydrogen-bond acceptors (Lipinski definition) is 5. The van der Waals surface area contributed by atoms with Gasteiger partial charge >= 0.3 is 12.2 Å². The fourth-order valence-electron chi connectivity index (χ4n) is 3.02. The van der Waals surface area contributed by atoms with Crippen LogP contribution in [-0.2, 0) is 11.0 Å². The van der Waals surface area contributed by atoms with Crippen molar-refractivity contribution < 1.29 is 22.8 Å². The number of carbonyl (C=O) groups is 2. The molecule has 3 rings (SSSR count). The van der Waals surface area contributed by atoms with Gasteiger partial charge in [-0.2, -0.15) is 13.2 Å². The van der Waals surface area contributed by atoms with Crippen LogP contribution in [0.3, 0.4) is 0 Å². The lowest BCUT2D eigenvalue weighted by molar-refractivity contribution is -0.141. The van der Waals surface area contributed by atoms with Gasteiger partial charge in [-0.15, -0.1) is 0 Å². The highest BCUT2D eigenvalue weighted by Gasteiger charge is 2.41. The molecular weight excluding hydrogens is 425 g/mol. The van der Waals surface area contributed by atoms with Crippen LogP contribution in [0.2, 0.25) is 5.02 Å². The molecule has 0 unspecified atom stereocenters. The Labute approximate surface area is 175 Å². The molecule has 0 aliphatic carbocycles. The molecule has 1 saturated heterocycles. The van der Waals surface area contributed by atoms with Gasteiger partial charge in [-0.1, -0.05) is 25.4 Å². The van der Waals surface area contributed by atoms with Gasteiger partial charge in [-0.25, -0.2) is 19.7 Å². The molecule has 1 aliphatic heterocycles. The molecule has 2 aromatic heterocycles. The summed E-state index contributed by atoms with van der Waals surface area (Å²) in [5.41, 5.74) is -0.965. The second-order valence-electron chi connectivity index (χ2n) is 7.01. The molecule has 0 spiro atoms. The molecule has 30 heavy (non-hydrogen) atoms. The molecule has 0 bridgehead atoms. The number of aromatic nitrogens is 3. The van der Waals surface area contributed by atoms with Gasteiger partial charge in [0.1, 0.15) is 12.2 Å². The Morgan fingerprint density at radius 3 is 2.43 bits per heavy atom. The second-order valence-corrected chi connectivity index (χ2v) is 7.45. The van der Waals surface area contributed by atoms with Gasteiger partial charge in [0.2, 0.25) is 11.9 Å². The van der Waals surface area contributed by atoms with E-state index in [1.54, 1.807) is 0 Å². The topological polar surface area (TPSA) is 91.3 Å². The molecule has 8 nitrogen and oxygen atoms in total. The van der Waals surface area contributed by atoms with Crippen LogP contribution in [0.4, 0.5) is 29.6 Å². The monoisotopic (exact) mass is 442 g/mol. The number of amides is 3. The highest BCUT2D eigenvalue weighted by Crippen LogP contribution is 2.28. The van der Waals surface area contributed by atoms with E-state index in [-0.39, 0.29) is 36.7 Å².